The lowest BCUT2D eigenvalue weighted by Crippen LogP contribution is -1.95. The van der Waals surface area contributed by atoms with E-state index in [1.807, 2.05) is 6.07 Å². The highest BCUT2D eigenvalue weighted by Gasteiger charge is 2.07. The predicted molar refractivity (Wildman–Crippen MR) is 66.1 cm³/mol. The van der Waals surface area contributed by atoms with Gasteiger partial charge in [-0.15, -0.1) is 0 Å². The minimum atomic E-state index is -0.493. The molecule has 0 saturated heterocycles. The summed E-state index contributed by atoms with van der Waals surface area (Å²) >= 11 is 0. The topological polar surface area (TPSA) is 52.5 Å². The van der Waals surface area contributed by atoms with Crippen LogP contribution in [0.25, 0.3) is 5.65 Å². The van der Waals surface area contributed by atoms with Gasteiger partial charge in [-0.05, 0) is 24.3 Å². The summed E-state index contributed by atoms with van der Waals surface area (Å²) in [6.07, 6.45) is 3.40. The van der Waals surface area contributed by atoms with Crippen molar-refractivity contribution in [3.63, 3.8) is 0 Å². The van der Waals surface area contributed by atoms with Gasteiger partial charge in [-0.1, -0.05) is 6.07 Å². The number of imidazole rings is 1. The third-order valence-electron chi connectivity index (χ3n) is 2.56. The average Bonchev–Trinajstić information content (AvgIpc) is 2.82. The molecule has 2 N–H and O–H groups in total. The first kappa shape index (κ1) is 10.6. The van der Waals surface area contributed by atoms with Gasteiger partial charge in [0.1, 0.15) is 5.65 Å². The molecule has 2 aromatic heterocycles. The molecule has 0 aliphatic carbocycles. The molecule has 18 heavy (non-hydrogen) atoms. The molecule has 0 fully saturated rings. The Morgan fingerprint density at radius 2 is 2.11 bits per heavy atom. The summed E-state index contributed by atoms with van der Waals surface area (Å²) in [4.78, 5) is 4.13. The Hall–Kier alpha value is -2.56. The van der Waals surface area contributed by atoms with Crippen molar-refractivity contribution in [1.29, 1.82) is 0 Å². The number of benzene rings is 1. The van der Waals surface area contributed by atoms with Crippen molar-refractivity contribution in [2.24, 2.45) is 0 Å². The molecule has 3 rings (SSSR count). The number of nitrogens with zero attached hydrogens (tertiary/aromatic N) is 2. The van der Waals surface area contributed by atoms with E-state index >= 15 is 0 Å². The summed E-state index contributed by atoms with van der Waals surface area (Å²) < 4.78 is 20.9. The molecule has 0 atom stereocenters. The molecule has 3 aromatic rings. The number of rotatable bonds is 2. The Kier molecular flexibility index (Phi) is 2.37. The van der Waals surface area contributed by atoms with Gasteiger partial charge in [-0.2, -0.15) is 0 Å². The highest BCUT2D eigenvalue weighted by molar-refractivity contribution is 5.46. The number of fused-ring (bicyclic) bond motifs is 1. The summed E-state index contributed by atoms with van der Waals surface area (Å²) in [5.41, 5.74) is 6.59. The zero-order valence-corrected chi connectivity index (χ0v) is 9.38. The number of hydrogen-bond acceptors (Lipinski definition) is 3. The zero-order valence-electron chi connectivity index (χ0n) is 9.38. The van der Waals surface area contributed by atoms with Crippen molar-refractivity contribution in [3.8, 4) is 11.6 Å². The van der Waals surface area contributed by atoms with Crippen molar-refractivity contribution in [2.75, 3.05) is 5.73 Å². The van der Waals surface area contributed by atoms with Crippen LogP contribution in [0.3, 0.4) is 0 Å². The Bertz CT molecular complexity index is 708. The monoisotopic (exact) mass is 243 g/mol. The van der Waals surface area contributed by atoms with E-state index in [2.05, 4.69) is 4.98 Å². The van der Waals surface area contributed by atoms with Crippen molar-refractivity contribution in [3.05, 3.63) is 54.6 Å². The first-order valence-corrected chi connectivity index (χ1v) is 5.39. The van der Waals surface area contributed by atoms with Crippen LogP contribution in [0, 0.1) is 5.82 Å². The molecule has 0 amide bonds. The fourth-order valence-electron chi connectivity index (χ4n) is 1.72. The van der Waals surface area contributed by atoms with Gasteiger partial charge in [0.05, 0.1) is 0 Å². The van der Waals surface area contributed by atoms with Crippen LogP contribution in [0.15, 0.2) is 48.8 Å². The van der Waals surface area contributed by atoms with Crippen LogP contribution in [0.5, 0.6) is 11.6 Å². The molecule has 0 aliphatic heterocycles. The lowest BCUT2D eigenvalue weighted by molar-refractivity contribution is 0.423. The molecule has 0 radical (unpaired) electrons. The van der Waals surface area contributed by atoms with Crippen LogP contribution in [-0.4, -0.2) is 9.38 Å². The Balaban J connectivity index is 2.03. The summed E-state index contributed by atoms with van der Waals surface area (Å²) in [6, 6.07) is 9.69. The van der Waals surface area contributed by atoms with E-state index in [0.717, 1.165) is 5.65 Å². The van der Waals surface area contributed by atoms with E-state index in [9.17, 15) is 4.39 Å². The van der Waals surface area contributed by atoms with Gasteiger partial charge in [0.15, 0.2) is 11.6 Å². The van der Waals surface area contributed by atoms with Gasteiger partial charge in [0, 0.05) is 24.1 Å². The molecule has 1 aromatic carbocycles. The van der Waals surface area contributed by atoms with Crippen molar-refractivity contribution in [1.82, 2.24) is 9.38 Å². The molecule has 0 bridgehead atoms. The van der Waals surface area contributed by atoms with Crippen molar-refractivity contribution >= 4 is 11.3 Å². The van der Waals surface area contributed by atoms with Crippen LogP contribution in [-0.2, 0) is 0 Å². The molecule has 0 saturated carbocycles. The van der Waals surface area contributed by atoms with E-state index < -0.39 is 5.82 Å². The van der Waals surface area contributed by atoms with E-state index in [4.69, 9.17) is 10.5 Å². The van der Waals surface area contributed by atoms with Crippen LogP contribution in [0.4, 0.5) is 10.1 Å². The molecular weight excluding hydrogens is 233 g/mol. The smallest absolute Gasteiger partial charge is 0.205 e. The maximum absolute atomic E-state index is 13.6. The van der Waals surface area contributed by atoms with Crippen LogP contribution >= 0.6 is 0 Å². The third-order valence-corrected chi connectivity index (χ3v) is 2.56. The van der Waals surface area contributed by atoms with Gasteiger partial charge in [-0.25, -0.2) is 9.37 Å². The number of aromatic nitrogens is 2. The summed E-state index contributed by atoms with van der Waals surface area (Å²) in [7, 11) is 0. The second-order valence-electron chi connectivity index (χ2n) is 3.81. The fraction of sp³-hybridized carbons (Fsp3) is 0. The van der Waals surface area contributed by atoms with Crippen LogP contribution in [0.1, 0.15) is 0 Å². The molecule has 4 nitrogen and oxygen atoms in total. The second kappa shape index (κ2) is 4.03. The lowest BCUT2D eigenvalue weighted by atomic mass is 10.3. The molecule has 0 spiro atoms. The molecular formula is C13H10FN3O. The first-order valence-electron chi connectivity index (χ1n) is 5.39. The number of nitrogen functional groups attached to an aromatic ring is 1. The Morgan fingerprint density at radius 1 is 1.22 bits per heavy atom. The number of ether oxygens (including phenoxy) is 1. The number of nitrogens with two attached hydrogens (primary N) is 1. The Morgan fingerprint density at radius 3 is 2.94 bits per heavy atom. The first-order chi connectivity index (χ1) is 8.74. The maximum atomic E-state index is 13.6. The van der Waals surface area contributed by atoms with Gasteiger partial charge in [0.25, 0.3) is 0 Å². The minimum Gasteiger partial charge on any atom is -0.437 e. The fourth-order valence-corrected chi connectivity index (χ4v) is 1.72. The van der Waals surface area contributed by atoms with Gasteiger partial charge < -0.3 is 10.5 Å². The predicted octanol–water partition coefficient (Wildman–Crippen LogP) is 2.85. The van der Waals surface area contributed by atoms with Gasteiger partial charge >= 0.3 is 0 Å². The largest absolute Gasteiger partial charge is 0.437 e. The van der Waals surface area contributed by atoms with E-state index in [-0.39, 0.29) is 5.75 Å². The lowest BCUT2D eigenvalue weighted by Gasteiger charge is -2.08. The number of hydrogen-bond donors (Lipinski definition) is 1. The number of halogens is 1. The quantitative estimate of drug-likeness (QED) is 0.704. The van der Waals surface area contributed by atoms with Crippen molar-refractivity contribution < 1.29 is 9.13 Å². The molecule has 0 aliphatic rings. The number of pyridine rings is 1. The molecule has 5 heteroatoms. The standard InChI is InChI=1S/C13H10FN3O/c14-10-8-9(15)4-5-11(10)18-13-3-1-2-12-16-6-7-17(12)13/h1-8H,15H2. The maximum Gasteiger partial charge on any atom is 0.205 e. The zero-order chi connectivity index (χ0) is 12.5. The SMILES string of the molecule is Nc1ccc(Oc2cccc3nccn23)c(F)c1. The number of anilines is 1. The molecule has 0 unspecified atom stereocenters. The summed E-state index contributed by atoms with van der Waals surface area (Å²) in [6.45, 7) is 0. The minimum absolute atomic E-state index is 0.130. The summed E-state index contributed by atoms with van der Waals surface area (Å²) in [5, 5.41) is 0. The van der Waals surface area contributed by atoms with Crippen LogP contribution in [0.2, 0.25) is 0 Å². The highest BCUT2D eigenvalue weighted by atomic mass is 19.1. The van der Waals surface area contributed by atoms with Gasteiger partial charge in [0.2, 0.25) is 5.88 Å². The second-order valence-corrected chi connectivity index (χ2v) is 3.81. The van der Waals surface area contributed by atoms with E-state index in [1.165, 1.54) is 12.1 Å². The molecule has 2 heterocycles. The highest BCUT2D eigenvalue weighted by Crippen LogP contribution is 2.26. The summed E-state index contributed by atoms with van der Waals surface area (Å²) in [5.74, 6) is 0.131. The third kappa shape index (κ3) is 1.75. The normalized spacial score (nSPS) is 10.7. The van der Waals surface area contributed by atoms with E-state index in [1.54, 1.807) is 35.0 Å². The molecule has 90 valence electrons. The van der Waals surface area contributed by atoms with Crippen LogP contribution < -0.4 is 10.5 Å². The average molecular weight is 243 g/mol. The van der Waals surface area contributed by atoms with E-state index in [0.29, 0.717) is 11.6 Å². The van der Waals surface area contributed by atoms with Gasteiger partial charge in [-0.3, -0.25) is 4.40 Å². The van der Waals surface area contributed by atoms with Crippen molar-refractivity contribution in [2.45, 2.75) is 0 Å². The Labute approximate surface area is 102 Å².